The molecule has 0 spiro atoms. The molecule has 1 unspecified atom stereocenters. The summed E-state index contributed by atoms with van der Waals surface area (Å²) < 4.78 is 17.7. The van der Waals surface area contributed by atoms with E-state index in [4.69, 9.17) is 13.9 Å². The summed E-state index contributed by atoms with van der Waals surface area (Å²) in [6, 6.07) is 14.3. The van der Waals surface area contributed by atoms with Crippen LogP contribution in [0.4, 0.5) is 0 Å². The maximum atomic E-state index is 13.2. The topological polar surface area (TPSA) is 167 Å². The number of aromatic hydroxyl groups is 5. The average Bonchev–Trinajstić information content (AvgIpc) is 2.95. The first-order valence-electron chi connectivity index (χ1n) is 12.8. The van der Waals surface area contributed by atoms with Gasteiger partial charge >= 0.3 is 0 Å². The highest BCUT2D eigenvalue weighted by Gasteiger charge is 2.33. The van der Waals surface area contributed by atoms with E-state index < -0.39 is 23.0 Å². The first-order valence-corrected chi connectivity index (χ1v) is 12.8. The Bertz CT molecular complexity index is 1970. The molecule has 42 heavy (non-hydrogen) atoms. The second-order valence-electron chi connectivity index (χ2n) is 9.95. The fraction of sp³-hybridized carbons (Fsp3) is 0.125. The molecule has 0 fully saturated rings. The molecular weight excluding hydrogens is 544 g/mol. The van der Waals surface area contributed by atoms with Gasteiger partial charge in [0.15, 0.2) is 16.8 Å². The van der Waals surface area contributed by atoms with Crippen LogP contribution in [0.15, 0.2) is 69.9 Å². The lowest BCUT2D eigenvalue weighted by molar-refractivity contribution is 0.0844. The minimum absolute atomic E-state index is 0.0130. The lowest BCUT2D eigenvalue weighted by Crippen LogP contribution is -2.21. The van der Waals surface area contributed by atoms with Gasteiger partial charge in [-0.3, -0.25) is 9.59 Å². The van der Waals surface area contributed by atoms with E-state index in [1.807, 2.05) is 0 Å². The number of rotatable bonds is 4. The van der Waals surface area contributed by atoms with Crippen molar-refractivity contribution in [3.05, 3.63) is 87.6 Å². The van der Waals surface area contributed by atoms with Crippen LogP contribution in [0.3, 0.4) is 0 Å². The van der Waals surface area contributed by atoms with E-state index in [-0.39, 0.29) is 79.9 Å². The van der Waals surface area contributed by atoms with Gasteiger partial charge in [0.05, 0.1) is 19.1 Å². The Morgan fingerprint density at radius 3 is 2.29 bits per heavy atom. The minimum Gasteiger partial charge on any atom is -0.508 e. The molecule has 4 aromatic carbocycles. The third-order valence-corrected chi connectivity index (χ3v) is 7.39. The Labute approximate surface area is 237 Å². The lowest BCUT2D eigenvalue weighted by atomic mass is 9.91. The molecule has 1 aliphatic rings. The molecule has 0 aliphatic carbocycles. The second-order valence-corrected chi connectivity index (χ2v) is 9.95. The first-order chi connectivity index (χ1) is 20.1. The van der Waals surface area contributed by atoms with E-state index >= 15 is 0 Å². The summed E-state index contributed by atoms with van der Waals surface area (Å²) in [7, 11) is 1.42. The van der Waals surface area contributed by atoms with Gasteiger partial charge in [-0.1, -0.05) is 6.07 Å². The number of carbonyl (C=O) groups excluding carboxylic acids is 1. The molecule has 0 amide bonds. The number of phenols is 5. The fourth-order valence-electron chi connectivity index (χ4n) is 5.20. The SMILES string of the molecule is COc1ccc(C2CC(=O)c3c(cc(O)c(C)c3O)O2)cc1-c1c(O)cc(O)c2c(=O)cc(-c3ccc(O)cc3)oc12. The number of hydrogen-bond donors (Lipinski definition) is 5. The van der Waals surface area contributed by atoms with Crippen molar-refractivity contribution in [3.8, 4) is 62.7 Å². The van der Waals surface area contributed by atoms with Crippen LogP contribution in [-0.2, 0) is 0 Å². The van der Waals surface area contributed by atoms with Gasteiger partial charge in [-0.25, -0.2) is 0 Å². The molecule has 0 saturated heterocycles. The highest BCUT2D eigenvalue weighted by Crippen LogP contribution is 2.48. The molecule has 0 bridgehead atoms. The molecule has 10 heteroatoms. The molecule has 6 rings (SSSR count). The summed E-state index contributed by atoms with van der Waals surface area (Å²) in [4.78, 5) is 26.2. The van der Waals surface area contributed by atoms with Crippen LogP contribution in [0, 0.1) is 6.92 Å². The van der Waals surface area contributed by atoms with Crippen LogP contribution in [0.5, 0.6) is 40.2 Å². The normalized spacial score (nSPS) is 14.4. The number of Topliss-reactive ketones (excluding diaryl/α,β-unsaturated/α-hetero) is 1. The number of ketones is 1. The van der Waals surface area contributed by atoms with Gasteiger partial charge in [-0.15, -0.1) is 0 Å². The van der Waals surface area contributed by atoms with Gasteiger partial charge in [-0.2, -0.15) is 0 Å². The quantitative estimate of drug-likeness (QED) is 0.182. The van der Waals surface area contributed by atoms with Gasteiger partial charge in [0, 0.05) is 34.9 Å². The number of carbonyl (C=O) groups is 1. The Kier molecular flexibility index (Phi) is 6.18. The monoisotopic (exact) mass is 568 g/mol. The largest absolute Gasteiger partial charge is 0.508 e. The van der Waals surface area contributed by atoms with Crippen molar-refractivity contribution >= 4 is 16.8 Å². The predicted octanol–water partition coefficient (Wildman–Crippen LogP) is 5.68. The Hall–Kier alpha value is -5.64. The Balaban J connectivity index is 1.54. The van der Waals surface area contributed by atoms with Crippen molar-refractivity contribution in [2.75, 3.05) is 7.11 Å². The fourth-order valence-corrected chi connectivity index (χ4v) is 5.20. The van der Waals surface area contributed by atoms with Gasteiger partial charge < -0.3 is 39.4 Å². The lowest BCUT2D eigenvalue weighted by Gasteiger charge is -2.27. The van der Waals surface area contributed by atoms with Crippen LogP contribution >= 0.6 is 0 Å². The molecule has 1 aromatic heterocycles. The zero-order valence-corrected chi connectivity index (χ0v) is 22.3. The number of fused-ring (bicyclic) bond motifs is 2. The molecule has 10 nitrogen and oxygen atoms in total. The van der Waals surface area contributed by atoms with Crippen LogP contribution in [0.25, 0.3) is 33.4 Å². The van der Waals surface area contributed by atoms with Gasteiger partial charge in [0.25, 0.3) is 0 Å². The van der Waals surface area contributed by atoms with E-state index in [1.54, 1.807) is 30.3 Å². The minimum atomic E-state index is -0.832. The number of ether oxygens (including phenoxy) is 2. The number of phenolic OH excluding ortho intramolecular Hbond substituents is 5. The molecule has 0 saturated carbocycles. The van der Waals surface area contributed by atoms with Crippen molar-refractivity contribution in [1.29, 1.82) is 0 Å². The summed E-state index contributed by atoms with van der Waals surface area (Å²) in [5, 5.41) is 51.8. The molecule has 1 atom stereocenters. The zero-order chi connectivity index (χ0) is 29.9. The highest BCUT2D eigenvalue weighted by atomic mass is 16.5. The molecule has 5 N–H and O–H groups in total. The molecule has 1 aliphatic heterocycles. The smallest absolute Gasteiger partial charge is 0.197 e. The van der Waals surface area contributed by atoms with E-state index in [9.17, 15) is 35.1 Å². The van der Waals surface area contributed by atoms with E-state index in [2.05, 4.69) is 0 Å². The highest BCUT2D eigenvalue weighted by molar-refractivity contribution is 6.04. The summed E-state index contributed by atoms with van der Waals surface area (Å²) >= 11 is 0. The van der Waals surface area contributed by atoms with Gasteiger partial charge in [-0.05, 0) is 48.9 Å². The van der Waals surface area contributed by atoms with Gasteiger partial charge in [0.2, 0.25) is 0 Å². The molecule has 5 aromatic rings. The number of hydrogen-bond acceptors (Lipinski definition) is 10. The molecular formula is C32H24O10. The second kappa shape index (κ2) is 9.77. The predicted molar refractivity (Wildman–Crippen MR) is 152 cm³/mol. The van der Waals surface area contributed by atoms with Crippen LogP contribution < -0.4 is 14.9 Å². The molecule has 212 valence electrons. The molecule has 2 heterocycles. The van der Waals surface area contributed by atoms with Crippen LogP contribution in [-0.4, -0.2) is 38.4 Å². The third kappa shape index (κ3) is 4.21. The first kappa shape index (κ1) is 26.6. The maximum Gasteiger partial charge on any atom is 0.197 e. The zero-order valence-electron chi connectivity index (χ0n) is 22.3. The summed E-state index contributed by atoms with van der Waals surface area (Å²) in [6.45, 7) is 1.49. The van der Waals surface area contributed by atoms with Crippen molar-refractivity contribution in [1.82, 2.24) is 0 Å². The third-order valence-electron chi connectivity index (χ3n) is 7.39. The summed E-state index contributed by atoms with van der Waals surface area (Å²) in [5.41, 5.74) is 0.751. The van der Waals surface area contributed by atoms with Crippen molar-refractivity contribution < 1.29 is 44.2 Å². The maximum absolute atomic E-state index is 13.2. The van der Waals surface area contributed by atoms with Crippen molar-refractivity contribution in [3.63, 3.8) is 0 Å². The Morgan fingerprint density at radius 2 is 1.57 bits per heavy atom. The number of benzene rings is 4. The van der Waals surface area contributed by atoms with Crippen molar-refractivity contribution in [2.45, 2.75) is 19.4 Å². The summed E-state index contributed by atoms with van der Waals surface area (Å²) in [5.74, 6) is -1.39. The average molecular weight is 569 g/mol. The molecule has 0 radical (unpaired) electrons. The van der Waals surface area contributed by atoms with E-state index in [1.165, 1.54) is 38.3 Å². The summed E-state index contributed by atoms with van der Waals surface area (Å²) in [6.07, 6.45) is -0.958. The standard InChI is InChI=1S/C32H24O10/c1-14-19(34)11-27-30(31(14)39)23(38)13-26(41-27)16-5-8-24(40-2)18(9-16)28-20(35)10-21(36)29-22(37)12-25(42-32(28)29)15-3-6-17(33)7-4-15/h3-12,26,33-36,39H,13H2,1-2H3. The Morgan fingerprint density at radius 1 is 0.833 bits per heavy atom. The van der Waals surface area contributed by atoms with Crippen LogP contribution in [0.1, 0.15) is 34.0 Å². The van der Waals surface area contributed by atoms with Crippen molar-refractivity contribution in [2.24, 2.45) is 0 Å². The van der Waals surface area contributed by atoms with Crippen LogP contribution in [0.2, 0.25) is 0 Å². The van der Waals surface area contributed by atoms with Gasteiger partial charge in [0.1, 0.15) is 63.1 Å². The number of methoxy groups -OCH3 is 1. The van der Waals surface area contributed by atoms with E-state index in [0.717, 1.165) is 6.07 Å². The van der Waals surface area contributed by atoms with E-state index in [0.29, 0.717) is 11.1 Å².